The number of rotatable bonds is 4. The van der Waals surface area contributed by atoms with Crippen molar-refractivity contribution in [3.05, 3.63) is 11.8 Å². The van der Waals surface area contributed by atoms with E-state index >= 15 is 0 Å². The summed E-state index contributed by atoms with van der Waals surface area (Å²) in [6.07, 6.45) is 1.42. The summed E-state index contributed by atoms with van der Waals surface area (Å²) < 4.78 is 0. The van der Waals surface area contributed by atoms with Crippen LogP contribution in [-0.4, -0.2) is 12.1 Å². The first-order valence-electron chi connectivity index (χ1n) is 3.09. The molecule has 0 aromatic heterocycles. The largest absolute Gasteiger partial charge is 0.326 e. The monoisotopic (exact) mass is 129 g/mol. The van der Waals surface area contributed by atoms with Crippen LogP contribution in [0.15, 0.2) is 5.18 Å². The van der Waals surface area contributed by atoms with Crippen LogP contribution in [0.25, 0.3) is 0 Å². The van der Waals surface area contributed by atoms with Crippen molar-refractivity contribution < 1.29 is 0 Å². The third-order valence-corrected chi connectivity index (χ3v) is 1.24. The lowest BCUT2D eigenvalue weighted by Gasteiger charge is -2.09. The smallest absolute Gasteiger partial charge is 0.107 e. The lowest BCUT2D eigenvalue weighted by Crippen LogP contribution is -2.29. The zero-order chi connectivity index (χ0) is 7.28. The van der Waals surface area contributed by atoms with Crippen molar-refractivity contribution in [2.45, 2.75) is 31.8 Å². The van der Waals surface area contributed by atoms with Crippen LogP contribution < -0.4 is 5.73 Å². The molecule has 0 saturated carbocycles. The minimum absolute atomic E-state index is 0.135. The summed E-state index contributed by atoms with van der Waals surface area (Å²) in [5, 5.41) is 2.86. The normalized spacial score (nSPS) is 16.8. The van der Waals surface area contributed by atoms with E-state index in [-0.39, 0.29) is 12.1 Å². The van der Waals surface area contributed by atoms with Crippen LogP contribution in [0.4, 0.5) is 0 Å². The van der Waals surface area contributed by atoms with Crippen LogP contribution in [0.2, 0.25) is 0 Å². The van der Waals surface area contributed by atoms with Gasteiger partial charge in [-0.05, 0) is 13.3 Å². The second-order valence-electron chi connectivity index (χ2n) is 2.17. The Bertz CT molecular complexity index is 83.1. The molecule has 0 rings (SSSR count). The van der Waals surface area contributed by atoms with Gasteiger partial charge in [-0.3, -0.25) is 0 Å². The summed E-state index contributed by atoms with van der Waals surface area (Å²) in [6.45, 7) is 5.38. The predicted octanol–water partition coefficient (Wildman–Crippen LogP) is 1.08. The Kier molecular flexibility index (Phi) is 4.22. The summed E-state index contributed by atoms with van der Waals surface area (Å²) in [7, 11) is 0. The number of nitrogens with two attached hydrogens (primary N) is 1. The molecule has 0 amide bonds. The van der Waals surface area contributed by atoms with Crippen molar-refractivity contribution >= 4 is 0 Å². The quantitative estimate of drug-likeness (QED) is 0.577. The molecular weight excluding hydrogens is 116 g/mol. The van der Waals surface area contributed by atoms with Gasteiger partial charge in [-0.2, -0.15) is 4.91 Å². The Labute approximate surface area is 55.6 Å². The molecule has 0 aliphatic rings. The zero-order valence-corrected chi connectivity index (χ0v) is 5.71. The van der Waals surface area contributed by atoms with E-state index in [0.29, 0.717) is 6.42 Å². The van der Waals surface area contributed by atoms with Gasteiger partial charge in [0.05, 0.1) is 0 Å². The molecule has 0 aromatic rings. The van der Waals surface area contributed by atoms with Gasteiger partial charge in [-0.1, -0.05) is 18.5 Å². The first-order valence-corrected chi connectivity index (χ1v) is 3.09. The Balaban J connectivity index is 3.54. The van der Waals surface area contributed by atoms with Crippen LogP contribution >= 0.6 is 0 Å². The topological polar surface area (TPSA) is 55.5 Å². The van der Waals surface area contributed by atoms with E-state index in [1.807, 2.05) is 0 Å². The summed E-state index contributed by atoms with van der Waals surface area (Å²) in [6, 6.07) is -0.383. The first-order chi connectivity index (χ1) is 4.22. The molecule has 0 bridgehead atoms. The standard InChI is InChI=1S/C6H13N2O/c1-3-4-6(8-9)5(2)7/h5-6H,1,3-4,7H2,2H3. The molecule has 1 radical (unpaired) electrons. The van der Waals surface area contributed by atoms with Crippen LogP contribution in [-0.2, 0) is 0 Å². The highest BCUT2D eigenvalue weighted by molar-refractivity contribution is 4.74. The first kappa shape index (κ1) is 8.56. The zero-order valence-electron chi connectivity index (χ0n) is 5.71. The molecule has 3 heteroatoms. The Hall–Kier alpha value is -0.440. The average Bonchev–Trinajstić information content (AvgIpc) is 1.82. The van der Waals surface area contributed by atoms with E-state index in [1.165, 1.54) is 0 Å². The minimum Gasteiger partial charge on any atom is -0.326 e. The summed E-state index contributed by atoms with van der Waals surface area (Å²) >= 11 is 0. The summed E-state index contributed by atoms with van der Waals surface area (Å²) in [5.74, 6) is 0. The van der Waals surface area contributed by atoms with E-state index in [9.17, 15) is 4.91 Å². The fourth-order valence-electron chi connectivity index (χ4n) is 0.621. The van der Waals surface area contributed by atoms with E-state index in [0.717, 1.165) is 6.42 Å². The molecule has 0 heterocycles. The van der Waals surface area contributed by atoms with Crippen LogP contribution in [0, 0.1) is 11.8 Å². The summed E-state index contributed by atoms with van der Waals surface area (Å²) in [4.78, 5) is 9.98. The average molecular weight is 129 g/mol. The molecule has 2 N–H and O–H groups in total. The maximum atomic E-state index is 9.98. The maximum absolute atomic E-state index is 9.98. The molecule has 0 fully saturated rings. The lowest BCUT2D eigenvalue weighted by molar-refractivity contribution is 0.526. The van der Waals surface area contributed by atoms with Gasteiger partial charge in [-0.15, -0.1) is 0 Å². The van der Waals surface area contributed by atoms with Gasteiger partial charge in [0.15, 0.2) is 0 Å². The van der Waals surface area contributed by atoms with Crippen LogP contribution in [0.5, 0.6) is 0 Å². The van der Waals surface area contributed by atoms with Gasteiger partial charge in [-0.25, -0.2) is 0 Å². The highest BCUT2D eigenvalue weighted by Gasteiger charge is 2.11. The third kappa shape index (κ3) is 3.19. The maximum Gasteiger partial charge on any atom is 0.107 e. The number of hydrogen-bond acceptors (Lipinski definition) is 3. The fourth-order valence-corrected chi connectivity index (χ4v) is 0.621. The molecule has 53 valence electrons. The van der Waals surface area contributed by atoms with Crippen molar-refractivity contribution in [1.29, 1.82) is 0 Å². The molecule has 2 unspecified atom stereocenters. The van der Waals surface area contributed by atoms with Crippen molar-refractivity contribution in [1.82, 2.24) is 0 Å². The molecule has 0 spiro atoms. The van der Waals surface area contributed by atoms with E-state index in [2.05, 4.69) is 12.1 Å². The van der Waals surface area contributed by atoms with Crippen molar-refractivity contribution in [2.75, 3.05) is 0 Å². The van der Waals surface area contributed by atoms with Crippen molar-refractivity contribution in [3.63, 3.8) is 0 Å². The van der Waals surface area contributed by atoms with Crippen LogP contribution in [0.1, 0.15) is 19.8 Å². The predicted molar refractivity (Wildman–Crippen MR) is 37.8 cm³/mol. The van der Waals surface area contributed by atoms with E-state index < -0.39 is 0 Å². The molecule has 0 saturated heterocycles. The van der Waals surface area contributed by atoms with Gasteiger partial charge in [0, 0.05) is 6.04 Å². The van der Waals surface area contributed by atoms with Crippen molar-refractivity contribution in [3.8, 4) is 0 Å². The lowest BCUT2D eigenvalue weighted by atomic mass is 10.1. The van der Waals surface area contributed by atoms with Gasteiger partial charge >= 0.3 is 0 Å². The molecule has 3 nitrogen and oxygen atoms in total. The number of nitroso groups, excluding NO2 is 1. The highest BCUT2D eigenvalue weighted by atomic mass is 16.3. The second-order valence-corrected chi connectivity index (χ2v) is 2.17. The Morgan fingerprint density at radius 1 is 1.78 bits per heavy atom. The SMILES string of the molecule is [CH2]CCC(N=O)C(C)N. The third-order valence-electron chi connectivity index (χ3n) is 1.24. The van der Waals surface area contributed by atoms with E-state index in [1.54, 1.807) is 6.92 Å². The second kappa shape index (κ2) is 4.44. The Morgan fingerprint density at radius 2 is 2.33 bits per heavy atom. The molecule has 2 atom stereocenters. The van der Waals surface area contributed by atoms with E-state index in [4.69, 9.17) is 5.73 Å². The Morgan fingerprint density at radius 3 is 2.44 bits per heavy atom. The molecule has 9 heavy (non-hydrogen) atoms. The molecule has 0 aliphatic carbocycles. The number of hydrogen-bond donors (Lipinski definition) is 1. The molecular formula is C6H13N2O. The van der Waals surface area contributed by atoms with Gasteiger partial charge < -0.3 is 5.73 Å². The minimum atomic E-state index is -0.248. The summed E-state index contributed by atoms with van der Waals surface area (Å²) in [5.41, 5.74) is 5.41. The van der Waals surface area contributed by atoms with Gasteiger partial charge in [0.1, 0.15) is 6.04 Å². The highest BCUT2D eigenvalue weighted by Crippen LogP contribution is 2.03. The molecule has 0 aromatic carbocycles. The number of nitrogens with zero attached hydrogens (tertiary/aromatic N) is 1. The molecule has 0 aliphatic heterocycles. The fraction of sp³-hybridized carbons (Fsp3) is 0.833. The van der Waals surface area contributed by atoms with Gasteiger partial charge in [0.2, 0.25) is 0 Å². The van der Waals surface area contributed by atoms with Gasteiger partial charge in [0.25, 0.3) is 0 Å². The van der Waals surface area contributed by atoms with Crippen LogP contribution in [0.3, 0.4) is 0 Å². The van der Waals surface area contributed by atoms with Crippen molar-refractivity contribution in [2.24, 2.45) is 10.9 Å².